The topological polar surface area (TPSA) is 102 Å². The summed E-state index contributed by atoms with van der Waals surface area (Å²) in [6, 6.07) is 1.23. The van der Waals surface area contributed by atoms with Crippen molar-refractivity contribution in [2.45, 2.75) is 39.5 Å². The number of benzene rings is 1. The predicted molar refractivity (Wildman–Crippen MR) is 67.8 cm³/mol. The molecule has 0 spiro atoms. The van der Waals surface area contributed by atoms with Gasteiger partial charge in [-0.15, -0.1) is 0 Å². The van der Waals surface area contributed by atoms with E-state index in [2.05, 4.69) is 9.78 Å². The summed E-state index contributed by atoms with van der Waals surface area (Å²) in [6.45, 7) is 7.11. The molecule has 1 aromatic carbocycles. The number of nitrogens with zero attached hydrogens (tertiary/aromatic N) is 1. The first-order valence-corrected chi connectivity index (χ1v) is 5.83. The summed E-state index contributed by atoms with van der Waals surface area (Å²) < 4.78 is 0. The predicted octanol–water partition coefficient (Wildman–Crippen LogP) is 3.55. The Kier molecular flexibility index (Phi) is 4.68. The van der Waals surface area contributed by atoms with Gasteiger partial charge in [0, 0.05) is 11.6 Å². The number of rotatable bonds is 5. The Balaban J connectivity index is 3.76. The monoisotopic (exact) mass is 271 g/mol. The largest absolute Gasteiger partial charge is 0.339 e. The van der Waals surface area contributed by atoms with E-state index in [1.165, 1.54) is 6.07 Å². The van der Waals surface area contributed by atoms with E-state index >= 15 is 0 Å². The lowest BCUT2D eigenvalue weighted by Gasteiger charge is -2.18. The number of hydrogen-bond donors (Lipinski definition) is 2. The lowest BCUT2D eigenvalue weighted by Crippen LogP contribution is -2.07. The van der Waals surface area contributed by atoms with Crippen molar-refractivity contribution in [3.8, 4) is 11.5 Å². The number of hydrogen-bond acceptors (Lipinski definition) is 6. The SMILES string of the molecule is CC(C)c1cc([N+](=O)[O-])c(OO)c(C(C)C)c1OO. The van der Waals surface area contributed by atoms with Crippen molar-refractivity contribution in [1.82, 2.24) is 0 Å². The van der Waals surface area contributed by atoms with Crippen LogP contribution >= 0.6 is 0 Å². The van der Waals surface area contributed by atoms with E-state index in [0.29, 0.717) is 5.56 Å². The smallest absolute Gasteiger partial charge is 0.315 e. The fourth-order valence-corrected chi connectivity index (χ4v) is 1.96. The van der Waals surface area contributed by atoms with Crippen LogP contribution in [0, 0.1) is 10.1 Å². The second kappa shape index (κ2) is 5.85. The van der Waals surface area contributed by atoms with Gasteiger partial charge in [0.1, 0.15) is 0 Å². The molecule has 0 unspecified atom stereocenters. The first-order chi connectivity index (χ1) is 8.84. The zero-order valence-electron chi connectivity index (χ0n) is 11.2. The average molecular weight is 271 g/mol. The van der Waals surface area contributed by atoms with Gasteiger partial charge in [-0.1, -0.05) is 27.7 Å². The van der Waals surface area contributed by atoms with Gasteiger partial charge >= 0.3 is 5.69 Å². The van der Waals surface area contributed by atoms with Crippen LogP contribution in [0.3, 0.4) is 0 Å². The average Bonchev–Trinajstić information content (AvgIpc) is 2.35. The van der Waals surface area contributed by atoms with Crippen LogP contribution < -0.4 is 9.78 Å². The zero-order chi connectivity index (χ0) is 14.7. The summed E-state index contributed by atoms with van der Waals surface area (Å²) in [5.41, 5.74) is 0.359. The van der Waals surface area contributed by atoms with Crippen LogP contribution in [0.5, 0.6) is 11.5 Å². The van der Waals surface area contributed by atoms with Gasteiger partial charge in [-0.25, -0.2) is 10.5 Å². The van der Waals surface area contributed by atoms with Crippen LogP contribution in [0.15, 0.2) is 6.07 Å². The molecule has 0 aromatic heterocycles. The lowest BCUT2D eigenvalue weighted by atomic mass is 9.92. The quantitative estimate of drug-likeness (QED) is 0.482. The molecule has 1 aromatic rings. The molecule has 19 heavy (non-hydrogen) atoms. The highest BCUT2D eigenvalue weighted by Gasteiger charge is 2.30. The van der Waals surface area contributed by atoms with E-state index in [4.69, 9.17) is 10.5 Å². The number of nitro benzene ring substituents is 1. The molecule has 0 bridgehead atoms. The molecule has 7 nitrogen and oxygen atoms in total. The van der Waals surface area contributed by atoms with Gasteiger partial charge < -0.3 is 9.78 Å². The minimum atomic E-state index is -0.648. The first kappa shape index (κ1) is 15.2. The van der Waals surface area contributed by atoms with E-state index in [1.807, 2.05) is 13.8 Å². The maximum Gasteiger partial charge on any atom is 0.315 e. The third kappa shape index (κ3) is 2.77. The van der Waals surface area contributed by atoms with E-state index in [1.54, 1.807) is 13.8 Å². The Morgan fingerprint density at radius 3 is 1.95 bits per heavy atom. The minimum Gasteiger partial charge on any atom is -0.339 e. The summed E-state index contributed by atoms with van der Waals surface area (Å²) in [6.07, 6.45) is 0. The van der Waals surface area contributed by atoms with Crippen molar-refractivity contribution in [1.29, 1.82) is 0 Å². The van der Waals surface area contributed by atoms with Crippen molar-refractivity contribution < 1.29 is 25.2 Å². The Labute approximate surface area is 110 Å². The highest BCUT2D eigenvalue weighted by Crippen LogP contribution is 2.45. The normalized spacial score (nSPS) is 10.9. The second-order valence-electron chi connectivity index (χ2n) is 4.81. The third-order valence-corrected chi connectivity index (χ3v) is 2.85. The first-order valence-electron chi connectivity index (χ1n) is 5.83. The van der Waals surface area contributed by atoms with Crippen molar-refractivity contribution in [2.75, 3.05) is 0 Å². The maximum absolute atomic E-state index is 11.0. The van der Waals surface area contributed by atoms with E-state index in [9.17, 15) is 10.1 Å². The van der Waals surface area contributed by atoms with Gasteiger partial charge in [-0.2, -0.15) is 0 Å². The van der Waals surface area contributed by atoms with Crippen LogP contribution in [0.25, 0.3) is 0 Å². The Bertz CT molecular complexity index is 484. The van der Waals surface area contributed by atoms with Gasteiger partial charge in [0.25, 0.3) is 0 Å². The summed E-state index contributed by atoms with van der Waals surface area (Å²) in [7, 11) is 0. The van der Waals surface area contributed by atoms with Crippen LogP contribution in [-0.4, -0.2) is 15.4 Å². The molecular formula is C12H17NO6. The molecule has 0 saturated heterocycles. The fraction of sp³-hybridized carbons (Fsp3) is 0.500. The zero-order valence-corrected chi connectivity index (χ0v) is 11.2. The Hall–Kier alpha value is -1.86. The van der Waals surface area contributed by atoms with E-state index in [-0.39, 0.29) is 34.6 Å². The molecule has 0 amide bonds. The fourth-order valence-electron chi connectivity index (χ4n) is 1.96. The van der Waals surface area contributed by atoms with Crippen LogP contribution in [0.1, 0.15) is 50.7 Å². The Morgan fingerprint density at radius 2 is 1.63 bits per heavy atom. The van der Waals surface area contributed by atoms with Crippen LogP contribution in [0.2, 0.25) is 0 Å². The minimum absolute atomic E-state index is 0.0830. The molecule has 0 aliphatic rings. The second-order valence-corrected chi connectivity index (χ2v) is 4.81. The van der Waals surface area contributed by atoms with Gasteiger partial charge in [0.05, 0.1) is 10.5 Å². The summed E-state index contributed by atoms with van der Waals surface area (Å²) in [5, 5.41) is 29.0. The maximum atomic E-state index is 11.0. The van der Waals surface area contributed by atoms with Gasteiger partial charge in [-0.05, 0) is 11.8 Å². The highest BCUT2D eigenvalue weighted by atomic mass is 17.1. The van der Waals surface area contributed by atoms with Crippen LogP contribution in [0.4, 0.5) is 5.69 Å². The van der Waals surface area contributed by atoms with E-state index in [0.717, 1.165) is 0 Å². The van der Waals surface area contributed by atoms with Crippen molar-refractivity contribution >= 4 is 5.69 Å². The molecule has 0 fully saturated rings. The molecule has 0 saturated carbocycles. The standard InChI is InChI=1S/C12H17NO6/c1-6(2)8-5-9(13(14)15)12(19-17)10(7(3)4)11(8)18-16/h5-7,16-17H,1-4H3. The molecule has 0 atom stereocenters. The molecule has 0 aliphatic heterocycles. The third-order valence-electron chi connectivity index (χ3n) is 2.85. The van der Waals surface area contributed by atoms with Crippen molar-refractivity contribution in [3.63, 3.8) is 0 Å². The molecule has 0 radical (unpaired) electrons. The van der Waals surface area contributed by atoms with Gasteiger partial charge in [0.2, 0.25) is 5.75 Å². The van der Waals surface area contributed by atoms with E-state index < -0.39 is 4.92 Å². The van der Waals surface area contributed by atoms with Crippen LogP contribution in [-0.2, 0) is 0 Å². The lowest BCUT2D eigenvalue weighted by molar-refractivity contribution is -0.388. The molecule has 1 rings (SSSR count). The molecule has 0 heterocycles. The van der Waals surface area contributed by atoms with Gasteiger partial charge in [-0.3, -0.25) is 10.1 Å². The molecule has 7 heteroatoms. The summed E-state index contributed by atoms with van der Waals surface area (Å²) in [4.78, 5) is 18.9. The molecular weight excluding hydrogens is 254 g/mol. The van der Waals surface area contributed by atoms with Gasteiger partial charge in [0.15, 0.2) is 5.75 Å². The number of nitro groups is 1. The summed E-state index contributed by atoms with van der Waals surface area (Å²) >= 11 is 0. The highest BCUT2D eigenvalue weighted by molar-refractivity contribution is 5.63. The van der Waals surface area contributed by atoms with Crippen molar-refractivity contribution in [2.24, 2.45) is 0 Å². The molecule has 2 N–H and O–H groups in total. The summed E-state index contributed by atoms with van der Waals surface area (Å²) in [5.74, 6) is -0.583. The Morgan fingerprint density at radius 1 is 1.11 bits per heavy atom. The molecule has 0 aliphatic carbocycles. The van der Waals surface area contributed by atoms with Crippen molar-refractivity contribution in [3.05, 3.63) is 27.3 Å². The molecule has 106 valence electrons.